The van der Waals surface area contributed by atoms with Crippen LogP contribution in [-0.4, -0.2) is 20.2 Å². The number of imidazole rings is 1. The fourth-order valence-electron chi connectivity index (χ4n) is 2.76. The van der Waals surface area contributed by atoms with Crippen molar-refractivity contribution in [2.75, 3.05) is 0 Å². The molecule has 0 spiro atoms. The third-order valence-corrected chi connectivity index (χ3v) is 4.01. The van der Waals surface area contributed by atoms with Gasteiger partial charge in [-0.1, -0.05) is 60.2 Å². The van der Waals surface area contributed by atoms with Gasteiger partial charge in [-0.2, -0.15) is 0 Å². The molecule has 0 aliphatic heterocycles. The first kappa shape index (κ1) is 14.3. The van der Waals surface area contributed by atoms with E-state index in [1.165, 1.54) is 5.56 Å². The maximum Gasteiger partial charge on any atom is 0.212 e. The highest BCUT2D eigenvalue weighted by molar-refractivity contribution is 6.11. The van der Waals surface area contributed by atoms with E-state index in [-0.39, 0.29) is 5.78 Å². The molecule has 0 atom stereocenters. The average molecular weight is 313 g/mol. The molecule has 2 heterocycles. The predicted molar refractivity (Wildman–Crippen MR) is 93.0 cm³/mol. The van der Waals surface area contributed by atoms with Gasteiger partial charge in [-0.3, -0.25) is 14.2 Å². The van der Waals surface area contributed by atoms with E-state index < -0.39 is 0 Å². The first-order chi connectivity index (χ1) is 11.7. The lowest BCUT2D eigenvalue weighted by atomic mass is 10.0. The molecule has 0 unspecified atom stereocenters. The number of aromatic nitrogens is 3. The summed E-state index contributed by atoms with van der Waals surface area (Å²) in [6, 6.07) is 17.3. The Morgan fingerprint density at radius 2 is 1.75 bits per heavy atom. The number of ketones is 1. The normalized spacial score (nSPS) is 10.9. The zero-order valence-electron chi connectivity index (χ0n) is 13.2. The number of hydrogen-bond donors (Lipinski definition) is 0. The standard InChI is InChI=1S/C20H15N3O/c1-14-7-9-15(10-8-14)18-19(20(24)16-5-3-2-4-6-16)23-12-11-21-13-17(23)22-18/h2-13H,1H3. The van der Waals surface area contributed by atoms with E-state index >= 15 is 0 Å². The molecular weight excluding hydrogens is 298 g/mol. The van der Waals surface area contributed by atoms with E-state index in [9.17, 15) is 4.79 Å². The lowest BCUT2D eigenvalue weighted by molar-refractivity contribution is 0.103. The number of aryl methyl sites for hydroxylation is 1. The van der Waals surface area contributed by atoms with Gasteiger partial charge in [0.2, 0.25) is 5.78 Å². The molecule has 2 aromatic heterocycles. The molecule has 0 radical (unpaired) electrons. The van der Waals surface area contributed by atoms with E-state index in [4.69, 9.17) is 0 Å². The number of carbonyl (C=O) groups excluding carboxylic acids is 1. The number of carbonyl (C=O) groups is 1. The Bertz CT molecular complexity index is 1020. The maximum absolute atomic E-state index is 13.1. The highest BCUT2D eigenvalue weighted by atomic mass is 16.1. The van der Waals surface area contributed by atoms with Crippen molar-refractivity contribution in [3.05, 3.63) is 90.0 Å². The van der Waals surface area contributed by atoms with Gasteiger partial charge in [0, 0.05) is 23.5 Å². The highest BCUT2D eigenvalue weighted by Crippen LogP contribution is 2.26. The monoisotopic (exact) mass is 313 g/mol. The third-order valence-electron chi connectivity index (χ3n) is 4.01. The second-order valence-electron chi connectivity index (χ2n) is 5.67. The van der Waals surface area contributed by atoms with Crippen LogP contribution in [0.2, 0.25) is 0 Å². The van der Waals surface area contributed by atoms with Crippen molar-refractivity contribution in [1.82, 2.24) is 14.4 Å². The maximum atomic E-state index is 13.1. The van der Waals surface area contributed by atoms with E-state index in [1.807, 2.05) is 61.5 Å². The van der Waals surface area contributed by atoms with Crippen molar-refractivity contribution in [2.45, 2.75) is 6.92 Å². The van der Waals surface area contributed by atoms with E-state index in [1.54, 1.807) is 23.0 Å². The first-order valence-corrected chi connectivity index (χ1v) is 7.73. The SMILES string of the molecule is Cc1ccc(-c2nc3cnccn3c2C(=O)c2ccccc2)cc1. The Hall–Kier alpha value is -3.27. The summed E-state index contributed by atoms with van der Waals surface area (Å²) < 4.78 is 1.80. The number of nitrogens with zero attached hydrogens (tertiary/aromatic N) is 3. The fourth-order valence-corrected chi connectivity index (χ4v) is 2.76. The minimum atomic E-state index is -0.0510. The van der Waals surface area contributed by atoms with Crippen LogP contribution < -0.4 is 0 Å². The van der Waals surface area contributed by atoms with Crippen molar-refractivity contribution >= 4 is 11.4 Å². The quantitative estimate of drug-likeness (QED) is 0.538. The molecule has 4 heteroatoms. The van der Waals surface area contributed by atoms with Crippen molar-refractivity contribution in [3.8, 4) is 11.3 Å². The topological polar surface area (TPSA) is 47.3 Å². The van der Waals surface area contributed by atoms with Crippen molar-refractivity contribution in [1.29, 1.82) is 0 Å². The van der Waals surface area contributed by atoms with Gasteiger partial charge >= 0.3 is 0 Å². The van der Waals surface area contributed by atoms with Gasteiger partial charge in [-0.15, -0.1) is 0 Å². The van der Waals surface area contributed by atoms with Gasteiger partial charge in [0.05, 0.1) is 6.20 Å². The molecule has 0 bridgehead atoms. The number of fused-ring (bicyclic) bond motifs is 1. The number of benzene rings is 2. The Kier molecular flexibility index (Phi) is 3.43. The Balaban J connectivity index is 1.97. The smallest absolute Gasteiger partial charge is 0.212 e. The fraction of sp³-hybridized carbons (Fsp3) is 0.0500. The molecular formula is C20H15N3O. The summed E-state index contributed by atoms with van der Waals surface area (Å²) in [5.74, 6) is -0.0510. The molecule has 0 saturated carbocycles. The van der Waals surface area contributed by atoms with Crippen LogP contribution in [0, 0.1) is 6.92 Å². The minimum Gasteiger partial charge on any atom is -0.293 e. The van der Waals surface area contributed by atoms with Crippen LogP contribution in [0.15, 0.2) is 73.2 Å². The molecule has 4 rings (SSSR count). The first-order valence-electron chi connectivity index (χ1n) is 7.73. The van der Waals surface area contributed by atoms with Gasteiger partial charge in [-0.25, -0.2) is 4.98 Å². The summed E-state index contributed by atoms with van der Waals surface area (Å²) in [6.07, 6.45) is 5.10. The summed E-state index contributed by atoms with van der Waals surface area (Å²) in [4.78, 5) is 21.9. The highest BCUT2D eigenvalue weighted by Gasteiger charge is 2.21. The largest absolute Gasteiger partial charge is 0.293 e. The zero-order valence-corrected chi connectivity index (χ0v) is 13.2. The van der Waals surface area contributed by atoms with Crippen LogP contribution in [0.4, 0.5) is 0 Å². The summed E-state index contributed by atoms with van der Waals surface area (Å²) in [6.45, 7) is 2.04. The molecule has 0 amide bonds. The van der Waals surface area contributed by atoms with Crippen LogP contribution in [0.25, 0.3) is 16.9 Å². The van der Waals surface area contributed by atoms with Gasteiger partial charge in [-0.05, 0) is 6.92 Å². The van der Waals surface area contributed by atoms with Gasteiger partial charge in [0.1, 0.15) is 11.4 Å². The Labute approximate surface area is 139 Å². The van der Waals surface area contributed by atoms with E-state index in [0.717, 1.165) is 5.56 Å². The molecule has 2 aromatic carbocycles. The molecule has 0 saturated heterocycles. The zero-order chi connectivity index (χ0) is 16.5. The van der Waals surface area contributed by atoms with Crippen LogP contribution in [0.1, 0.15) is 21.6 Å². The summed E-state index contributed by atoms with van der Waals surface area (Å²) in [7, 11) is 0. The third kappa shape index (κ3) is 2.38. The van der Waals surface area contributed by atoms with Crippen molar-refractivity contribution in [3.63, 3.8) is 0 Å². The van der Waals surface area contributed by atoms with Crippen LogP contribution in [0.3, 0.4) is 0 Å². The number of hydrogen-bond acceptors (Lipinski definition) is 3. The Morgan fingerprint density at radius 1 is 1.00 bits per heavy atom. The lowest BCUT2D eigenvalue weighted by Gasteiger charge is -2.05. The van der Waals surface area contributed by atoms with Crippen LogP contribution in [0.5, 0.6) is 0 Å². The molecule has 0 N–H and O–H groups in total. The minimum absolute atomic E-state index is 0.0510. The molecule has 0 aliphatic rings. The van der Waals surface area contributed by atoms with E-state index in [2.05, 4.69) is 9.97 Å². The van der Waals surface area contributed by atoms with Crippen LogP contribution >= 0.6 is 0 Å². The summed E-state index contributed by atoms with van der Waals surface area (Å²) in [5, 5.41) is 0. The Morgan fingerprint density at radius 3 is 2.50 bits per heavy atom. The summed E-state index contributed by atoms with van der Waals surface area (Å²) >= 11 is 0. The van der Waals surface area contributed by atoms with Crippen LogP contribution in [-0.2, 0) is 0 Å². The molecule has 4 aromatic rings. The second-order valence-corrected chi connectivity index (χ2v) is 5.67. The summed E-state index contributed by atoms with van der Waals surface area (Å²) in [5.41, 5.74) is 4.62. The average Bonchev–Trinajstić information content (AvgIpc) is 3.02. The number of rotatable bonds is 3. The predicted octanol–water partition coefficient (Wildman–Crippen LogP) is 3.94. The molecule has 0 aliphatic carbocycles. The molecule has 4 nitrogen and oxygen atoms in total. The van der Waals surface area contributed by atoms with Gasteiger partial charge < -0.3 is 0 Å². The van der Waals surface area contributed by atoms with E-state index in [0.29, 0.717) is 22.6 Å². The molecule has 0 fully saturated rings. The van der Waals surface area contributed by atoms with Crippen molar-refractivity contribution in [2.24, 2.45) is 0 Å². The van der Waals surface area contributed by atoms with Gasteiger partial charge in [0.15, 0.2) is 5.65 Å². The molecule has 24 heavy (non-hydrogen) atoms. The second kappa shape index (κ2) is 5.74. The lowest BCUT2D eigenvalue weighted by Crippen LogP contribution is -2.06. The molecule has 116 valence electrons. The van der Waals surface area contributed by atoms with Crippen molar-refractivity contribution < 1.29 is 4.79 Å². The van der Waals surface area contributed by atoms with Gasteiger partial charge in [0.25, 0.3) is 0 Å².